The van der Waals surface area contributed by atoms with Crippen molar-refractivity contribution >= 4 is 21.7 Å². The summed E-state index contributed by atoms with van der Waals surface area (Å²) in [5, 5.41) is 10.9. The Morgan fingerprint density at radius 1 is 1.29 bits per heavy atom. The van der Waals surface area contributed by atoms with Crippen LogP contribution in [0.4, 0.5) is 0 Å². The fraction of sp³-hybridized carbons (Fsp3) is 0.800. The predicted molar refractivity (Wildman–Crippen MR) is 63.3 cm³/mol. The Balaban J connectivity index is 4.35. The maximum Gasteiger partial charge on any atom is 0.308 e. The molecule has 0 aromatic rings. The number of aliphatic carboxylic acids is 1. The van der Waals surface area contributed by atoms with Crippen molar-refractivity contribution < 1.29 is 23.1 Å². The first-order valence-electron chi connectivity index (χ1n) is 5.19. The van der Waals surface area contributed by atoms with Gasteiger partial charge in [-0.2, -0.15) is 0 Å². The number of rotatable bonds is 5. The van der Waals surface area contributed by atoms with Gasteiger partial charge in [0.05, 0.1) is 10.7 Å². The first-order chi connectivity index (χ1) is 7.47. The Morgan fingerprint density at radius 3 is 2.12 bits per heavy atom. The second-order valence-electron chi connectivity index (χ2n) is 4.91. The average molecular weight is 265 g/mol. The van der Waals surface area contributed by atoms with E-state index in [1.54, 1.807) is 0 Å². The van der Waals surface area contributed by atoms with Gasteiger partial charge >= 0.3 is 5.97 Å². The molecule has 0 heterocycles. The van der Waals surface area contributed by atoms with Gasteiger partial charge in [-0.25, -0.2) is 8.42 Å². The van der Waals surface area contributed by atoms with Gasteiger partial charge in [0.25, 0.3) is 0 Å². The van der Waals surface area contributed by atoms with Crippen molar-refractivity contribution in [1.29, 1.82) is 0 Å². The molecular weight excluding hydrogens is 246 g/mol. The van der Waals surface area contributed by atoms with Gasteiger partial charge in [0.2, 0.25) is 5.91 Å². The van der Waals surface area contributed by atoms with Crippen molar-refractivity contribution in [3.63, 3.8) is 0 Å². The van der Waals surface area contributed by atoms with Crippen LogP contribution < -0.4 is 5.32 Å². The summed E-state index contributed by atoms with van der Waals surface area (Å²) in [6, 6.07) is 0. The van der Waals surface area contributed by atoms with E-state index >= 15 is 0 Å². The molecule has 1 atom stereocenters. The molecule has 0 aromatic carbocycles. The zero-order chi connectivity index (χ0) is 13.9. The highest BCUT2D eigenvalue weighted by Crippen LogP contribution is 2.15. The summed E-state index contributed by atoms with van der Waals surface area (Å²) >= 11 is 0. The number of carbonyl (C=O) groups excluding carboxylic acids is 1. The van der Waals surface area contributed by atoms with Crippen molar-refractivity contribution in [3.8, 4) is 0 Å². The molecule has 0 radical (unpaired) electrons. The van der Waals surface area contributed by atoms with E-state index < -0.39 is 38.1 Å². The maximum atomic E-state index is 11.7. The van der Waals surface area contributed by atoms with Gasteiger partial charge < -0.3 is 10.4 Å². The summed E-state index contributed by atoms with van der Waals surface area (Å²) in [5.74, 6) is -3.07. The highest BCUT2D eigenvalue weighted by atomic mass is 32.2. The van der Waals surface area contributed by atoms with E-state index in [1.807, 2.05) is 0 Å². The normalized spacial score (nSPS) is 14.1. The quantitative estimate of drug-likeness (QED) is 0.730. The lowest BCUT2D eigenvalue weighted by Gasteiger charge is -2.18. The SMILES string of the molecule is CC(CNC(=O)CS(=O)(=O)C(C)(C)C)C(=O)O. The molecule has 100 valence electrons. The monoisotopic (exact) mass is 265 g/mol. The van der Waals surface area contributed by atoms with Crippen LogP contribution in [0.15, 0.2) is 0 Å². The number of hydrogen-bond donors (Lipinski definition) is 2. The molecule has 0 fully saturated rings. The molecule has 0 saturated carbocycles. The van der Waals surface area contributed by atoms with Crippen LogP contribution in [0.3, 0.4) is 0 Å². The fourth-order valence-electron chi connectivity index (χ4n) is 0.794. The molecule has 0 rings (SSSR count). The number of nitrogens with one attached hydrogen (secondary N) is 1. The summed E-state index contributed by atoms with van der Waals surface area (Å²) in [6.07, 6.45) is 0. The highest BCUT2D eigenvalue weighted by molar-refractivity contribution is 7.93. The van der Waals surface area contributed by atoms with Gasteiger partial charge in [0, 0.05) is 6.54 Å². The Hall–Kier alpha value is -1.11. The molecule has 7 heteroatoms. The molecule has 1 unspecified atom stereocenters. The van der Waals surface area contributed by atoms with E-state index in [4.69, 9.17) is 5.11 Å². The molecule has 0 saturated heterocycles. The summed E-state index contributed by atoms with van der Waals surface area (Å²) < 4.78 is 22.3. The first kappa shape index (κ1) is 15.9. The summed E-state index contributed by atoms with van der Waals surface area (Å²) in [6.45, 7) is 5.88. The number of carboxylic acid groups (broad SMARTS) is 1. The molecule has 0 bridgehead atoms. The van der Waals surface area contributed by atoms with Crippen molar-refractivity contribution in [2.75, 3.05) is 12.3 Å². The molecule has 0 aliphatic heterocycles. The van der Waals surface area contributed by atoms with E-state index in [0.717, 1.165) is 0 Å². The van der Waals surface area contributed by atoms with Crippen LogP contribution in [0, 0.1) is 5.92 Å². The van der Waals surface area contributed by atoms with Crippen molar-refractivity contribution in [1.82, 2.24) is 5.32 Å². The molecule has 6 nitrogen and oxygen atoms in total. The minimum absolute atomic E-state index is 0.0756. The Morgan fingerprint density at radius 2 is 1.76 bits per heavy atom. The standard InChI is InChI=1S/C10H19NO5S/c1-7(9(13)14)5-11-8(12)6-17(15,16)10(2,3)4/h7H,5-6H2,1-4H3,(H,11,12)(H,13,14). The van der Waals surface area contributed by atoms with Gasteiger partial charge in [-0.05, 0) is 20.8 Å². The van der Waals surface area contributed by atoms with Crippen LogP contribution in [0.5, 0.6) is 0 Å². The molecule has 2 N–H and O–H groups in total. The number of sulfone groups is 1. The molecule has 0 aliphatic carbocycles. The lowest BCUT2D eigenvalue weighted by Crippen LogP contribution is -2.40. The number of amides is 1. The van der Waals surface area contributed by atoms with Crippen LogP contribution in [-0.4, -0.2) is 42.4 Å². The van der Waals surface area contributed by atoms with Crippen molar-refractivity contribution in [2.45, 2.75) is 32.4 Å². The van der Waals surface area contributed by atoms with Crippen LogP contribution in [-0.2, 0) is 19.4 Å². The van der Waals surface area contributed by atoms with E-state index in [0.29, 0.717) is 0 Å². The Bertz CT molecular complexity index is 393. The third-order valence-electron chi connectivity index (χ3n) is 2.28. The molecule has 0 aromatic heterocycles. The number of hydrogen-bond acceptors (Lipinski definition) is 4. The molecule has 0 spiro atoms. The topological polar surface area (TPSA) is 101 Å². The Kier molecular flexibility index (Phi) is 5.12. The Labute approximate surface area is 101 Å². The van der Waals surface area contributed by atoms with Gasteiger partial charge in [-0.15, -0.1) is 0 Å². The number of carbonyl (C=O) groups is 2. The van der Waals surface area contributed by atoms with E-state index in [2.05, 4.69) is 5.32 Å². The zero-order valence-electron chi connectivity index (χ0n) is 10.5. The van der Waals surface area contributed by atoms with E-state index in [9.17, 15) is 18.0 Å². The fourth-order valence-corrected chi connectivity index (χ4v) is 1.67. The lowest BCUT2D eigenvalue weighted by atomic mass is 10.2. The van der Waals surface area contributed by atoms with Crippen LogP contribution in [0.1, 0.15) is 27.7 Å². The average Bonchev–Trinajstić information content (AvgIpc) is 2.11. The van der Waals surface area contributed by atoms with Crippen LogP contribution in [0.25, 0.3) is 0 Å². The minimum atomic E-state index is -3.52. The molecule has 0 aliphatic rings. The molecular formula is C10H19NO5S. The van der Waals surface area contributed by atoms with Crippen LogP contribution >= 0.6 is 0 Å². The predicted octanol–water partition coefficient (Wildman–Crippen LogP) is 0.0366. The first-order valence-corrected chi connectivity index (χ1v) is 6.84. The van der Waals surface area contributed by atoms with Crippen LogP contribution in [0.2, 0.25) is 0 Å². The zero-order valence-corrected chi connectivity index (χ0v) is 11.3. The summed E-state index contributed by atoms with van der Waals surface area (Å²) in [5.41, 5.74) is 0. The lowest BCUT2D eigenvalue weighted by molar-refractivity contribution is -0.141. The second kappa shape index (κ2) is 5.48. The van der Waals surface area contributed by atoms with E-state index in [1.165, 1.54) is 27.7 Å². The molecule has 17 heavy (non-hydrogen) atoms. The van der Waals surface area contributed by atoms with Gasteiger partial charge in [-0.3, -0.25) is 9.59 Å². The third kappa shape index (κ3) is 5.16. The van der Waals surface area contributed by atoms with Gasteiger partial charge in [0.15, 0.2) is 9.84 Å². The maximum absolute atomic E-state index is 11.7. The summed E-state index contributed by atoms with van der Waals surface area (Å²) in [4.78, 5) is 21.8. The largest absolute Gasteiger partial charge is 0.481 e. The molecule has 1 amide bonds. The second-order valence-corrected chi connectivity index (χ2v) is 7.66. The van der Waals surface area contributed by atoms with E-state index in [-0.39, 0.29) is 6.54 Å². The summed E-state index contributed by atoms with van der Waals surface area (Å²) in [7, 11) is -3.52. The van der Waals surface area contributed by atoms with Gasteiger partial charge in [-0.1, -0.05) is 6.92 Å². The smallest absolute Gasteiger partial charge is 0.308 e. The highest BCUT2D eigenvalue weighted by Gasteiger charge is 2.31. The van der Waals surface area contributed by atoms with Gasteiger partial charge in [0.1, 0.15) is 5.75 Å². The third-order valence-corrected chi connectivity index (χ3v) is 4.79. The van der Waals surface area contributed by atoms with Crippen molar-refractivity contribution in [2.24, 2.45) is 5.92 Å². The van der Waals surface area contributed by atoms with Crippen molar-refractivity contribution in [3.05, 3.63) is 0 Å². The minimum Gasteiger partial charge on any atom is -0.481 e. The number of carboxylic acids is 1.